The second-order valence-electron chi connectivity index (χ2n) is 8.32. The molecular formula is C26H25ClFN5. The number of halogens is 2. The molecule has 1 aliphatic heterocycles. The number of fused-ring (bicyclic) bond motifs is 1. The van der Waals surface area contributed by atoms with E-state index in [0.29, 0.717) is 12.5 Å². The lowest BCUT2D eigenvalue weighted by Crippen LogP contribution is -2.52. The number of para-hydroxylation sites is 1. The van der Waals surface area contributed by atoms with Crippen LogP contribution in [-0.2, 0) is 6.54 Å². The lowest BCUT2D eigenvalue weighted by atomic mass is 10.1. The number of nitrogens with one attached hydrogen (secondary N) is 1. The van der Waals surface area contributed by atoms with Crippen molar-refractivity contribution < 1.29 is 4.39 Å². The van der Waals surface area contributed by atoms with E-state index in [0.717, 1.165) is 42.0 Å². The number of hydrogen-bond acceptors (Lipinski definition) is 5. The molecule has 1 aliphatic rings. The van der Waals surface area contributed by atoms with Gasteiger partial charge in [0.15, 0.2) is 0 Å². The van der Waals surface area contributed by atoms with Gasteiger partial charge in [-0.15, -0.1) is 0 Å². The lowest BCUT2D eigenvalue weighted by molar-refractivity contribution is 0.540. The van der Waals surface area contributed by atoms with Crippen molar-refractivity contribution in [1.82, 2.24) is 9.97 Å². The highest BCUT2D eigenvalue weighted by Crippen LogP contribution is 2.28. The molecule has 0 aliphatic carbocycles. The van der Waals surface area contributed by atoms with E-state index < -0.39 is 5.82 Å². The maximum atomic E-state index is 14.0. The summed E-state index contributed by atoms with van der Waals surface area (Å²) in [5, 5.41) is 4.65. The Kier molecular flexibility index (Phi) is 6.01. The fourth-order valence-corrected chi connectivity index (χ4v) is 4.40. The first-order valence-corrected chi connectivity index (χ1v) is 11.5. The summed E-state index contributed by atoms with van der Waals surface area (Å²) in [5.74, 6) is 1.14. The molecule has 0 radical (unpaired) electrons. The Morgan fingerprint density at radius 1 is 1.00 bits per heavy atom. The van der Waals surface area contributed by atoms with Gasteiger partial charge in [0.25, 0.3) is 0 Å². The molecule has 5 nitrogen and oxygen atoms in total. The van der Waals surface area contributed by atoms with Crippen molar-refractivity contribution in [2.24, 2.45) is 0 Å². The Morgan fingerprint density at radius 3 is 2.58 bits per heavy atom. The molecule has 3 aromatic carbocycles. The molecule has 0 spiro atoms. The van der Waals surface area contributed by atoms with Crippen LogP contribution in [0.2, 0.25) is 5.02 Å². The van der Waals surface area contributed by atoms with E-state index in [1.54, 1.807) is 6.07 Å². The quantitative estimate of drug-likeness (QED) is 0.410. The third-order valence-electron chi connectivity index (χ3n) is 6.05. The second-order valence-corrected chi connectivity index (χ2v) is 8.72. The van der Waals surface area contributed by atoms with Gasteiger partial charge in [0.1, 0.15) is 11.6 Å². The van der Waals surface area contributed by atoms with Crippen LogP contribution in [0.15, 0.2) is 72.8 Å². The highest BCUT2D eigenvalue weighted by Gasteiger charge is 2.27. The van der Waals surface area contributed by atoms with E-state index in [1.807, 2.05) is 48.5 Å². The van der Waals surface area contributed by atoms with Gasteiger partial charge in [-0.3, -0.25) is 0 Å². The van der Waals surface area contributed by atoms with Gasteiger partial charge < -0.3 is 15.1 Å². The minimum absolute atomic E-state index is 0.144. The van der Waals surface area contributed by atoms with Crippen LogP contribution >= 0.6 is 11.6 Å². The smallest absolute Gasteiger partial charge is 0.228 e. The van der Waals surface area contributed by atoms with Crippen molar-refractivity contribution in [1.29, 1.82) is 0 Å². The average molecular weight is 462 g/mol. The summed E-state index contributed by atoms with van der Waals surface area (Å²) in [6, 6.07) is 23.5. The Morgan fingerprint density at radius 2 is 1.79 bits per heavy atom. The van der Waals surface area contributed by atoms with Gasteiger partial charge in [0.05, 0.1) is 10.5 Å². The molecule has 4 aromatic rings. The summed E-state index contributed by atoms with van der Waals surface area (Å²) in [6.45, 7) is 5.06. The van der Waals surface area contributed by atoms with Crippen LogP contribution in [0.4, 0.5) is 21.8 Å². The number of benzene rings is 3. The standard InChI is InChI=1S/C26H25ClFN5/c1-18-17-32(20-11-12-22(27)23(28)15-20)13-14-33(18)26-30-24-10-6-5-9-21(24)25(31-26)29-16-19-7-3-2-4-8-19/h2-12,15,18H,13-14,16-17H2,1H3,(H,29,30,31). The van der Waals surface area contributed by atoms with Crippen LogP contribution in [0, 0.1) is 5.82 Å². The molecule has 1 aromatic heterocycles. The molecule has 1 saturated heterocycles. The summed E-state index contributed by atoms with van der Waals surface area (Å²) in [4.78, 5) is 14.2. The van der Waals surface area contributed by atoms with Crippen molar-refractivity contribution in [2.75, 3.05) is 34.8 Å². The Hall–Kier alpha value is -3.38. The molecule has 2 heterocycles. The zero-order chi connectivity index (χ0) is 22.8. The van der Waals surface area contributed by atoms with Gasteiger partial charge in [-0.1, -0.05) is 54.1 Å². The van der Waals surface area contributed by atoms with Gasteiger partial charge in [-0.25, -0.2) is 9.37 Å². The maximum absolute atomic E-state index is 14.0. The van der Waals surface area contributed by atoms with E-state index in [2.05, 4.69) is 34.2 Å². The second kappa shape index (κ2) is 9.24. The van der Waals surface area contributed by atoms with Crippen LogP contribution in [0.5, 0.6) is 0 Å². The van der Waals surface area contributed by atoms with E-state index >= 15 is 0 Å². The maximum Gasteiger partial charge on any atom is 0.228 e. The van der Waals surface area contributed by atoms with Crippen LogP contribution in [0.25, 0.3) is 10.9 Å². The molecule has 1 unspecified atom stereocenters. The summed E-state index contributed by atoms with van der Waals surface area (Å²) in [5.41, 5.74) is 2.94. The first-order valence-electron chi connectivity index (χ1n) is 11.1. The summed E-state index contributed by atoms with van der Waals surface area (Å²) >= 11 is 5.85. The third kappa shape index (κ3) is 4.57. The first kappa shape index (κ1) is 21.5. The van der Waals surface area contributed by atoms with Crippen LogP contribution in [-0.4, -0.2) is 35.6 Å². The fourth-order valence-electron chi connectivity index (χ4n) is 4.28. The van der Waals surface area contributed by atoms with Gasteiger partial charge in [-0.2, -0.15) is 4.98 Å². The number of rotatable bonds is 5. The van der Waals surface area contributed by atoms with E-state index in [-0.39, 0.29) is 11.1 Å². The van der Waals surface area contributed by atoms with Gasteiger partial charge in [-0.05, 0) is 42.8 Å². The number of piperazine rings is 1. The van der Waals surface area contributed by atoms with E-state index in [9.17, 15) is 4.39 Å². The molecule has 1 fully saturated rings. The monoisotopic (exact) mass is 461 g/mol. The molecule has 7 heteroatoms. The van der Waals surface area contributed by atoms with Crippen molar-refractivity contribution in [3.05, 3.63) is 89.2 Å². The zero-order valence-corrected chi connectivity index (χ0v) is 19.1. The Labute approximate surface area is 197 Å². The van der Waals surface area contributed by atoms with Crippen LogP contribution in [0.1, 0.15) is 12.5 Å². The SMILES string of the molecule is CC1CN(c2ccc(Cl)c(F)c2)CCN1c1nc(NCc2ccccc2)c2ccccc2n1. The molecule has 0 bridgehead atoms. The van der Waals surface area contributed by atoms with Crippen LogP contribution < -0.4 is 15.1 Å². The van der Waals surface area contributed by atoms with E-state index in [1.165, 1.54) is 11.6 Å². The fraction of sp³-hybridized carbons (Fsp3) is 0.231. The number of hydrogen-bond donors (Lipinski definition) is 1. The predicted molar refractivity (Wildman–Crippen MR) is 134 cm³/mol. The number of aromatic nitrogens is 2. The molecule has 1 atom stereocenters. The van der Waals surface area contributed by atoms with Gasteiger partial charge in [0, 0.05) is 43.3 Å². The molecule has 5 rings (SSSR count). The molecule has 1 N–H and O–H groups in total. The average Bonchev–Trinajstić information content (AvgIpc) is 2.84. The van der Waals surface area contributed by atoms with Crippen LogP contribution in [0.3, 0.4) is 0 Å². The van der Waals surface area contributed by atoms with Crippen molar-refractivity contribution in [3.63, 3.8) is 0 Å². The molecular weight excluding hydrogens is 437 g/mol. The summed E-state index contributed by atoms with van der Waals surface area (Å²) in [7, 11) is 0. The lowest BCUT2D eigenvalue weighted by Gasteiger charge is -2.41. The van der Waals surface area contributed by atoms with Crippen molar-refractivity contribution in [2.45, 2.75) is 19.5 Å². The first-order chi connectivity index (χ1) is 16.1. The van der Waals surface area contributed by atoms with Gasteiger partial charge in [0.2, 0.25) is 5.95 Å². The van der Waals surface area contributed by atoms with Crippen molar-refractivity contribution in [3.8, 4) is 0 Å². The highest BCUT2D eigenvalue weighted by molar-refractivity contribution is 6.30. The molecule has 33 heavy (non-hydrogen) atoms. The highest BCUT2D eigenvalue weighted by atomic mass is 35.5. The number of nitrogens with zero attached hydrogens (tertiary/aromatic N) is 4. The molecule has 0 amide bonds. The summed E-state index contributed by atoms with van der Waals surface area (Å²) < 4.78 is 14.0. The largest absolute Gasteiger partial charge is 0.368 e. The predicted octanol–water partition coefficient (Wildman–Crippen LogP) is 5.75. The van der Waals surface area contributed by atoms with Crippen molar-refractivity contribution >= 4 is 40.0 Å². The van der Waals surface area contributed by atoms with E-state index in [4.69, 9.17) is 21.6 Å². The Bertz CT molecular complexity index is 1270. The molecule has 0 saturated carbocycles. The minimum Gasteiger partial charge on any atom is -0.368 e. The summed E-state index contributed by atoms with van der Waals surface area (Å²) in [6.07, 6.45) is 0. The van der Waals surface area contributed by atoms with Gasteiger partial charge >= 0.3 is 0 Å². The minimum atomic E-state index is -0.392. The number of anilines is 3. The zero-order valence-electron chi connectivity index (χ0n) is 18.4. The normalized spacial score (nSPS) is 16.3. The molecule has 168 valence electrons. The Balaban J connectivity index is 1.39. The topological polar surface area (TPSA) is 44.3 Å². The third-order valence-corrected chi connectivity index (χ3v) is 6.35.